The molecule has 0 heterocycles. The van der Waals surface area contributed by atoms with Gasteiger partial charge in [-0.05, 0) is 42.0 Å². The molecule has 0 fully saturated rings. The molecule has 6 heteroatoms. The minimum atomic E-state index is 0.0106. The first-order valence-corrected chi connectivity index (χ1v) is 9.02. The lowest BCUT2D eigenvalue weighted by Crippen LogP contribution is -2.24. The maximum atomic E-state index is 11.7. The van der Waals surface area contributed by atoms with E-state index in [4.69, 9.17) is 27.9 Å². The normalized spacial score (nSPS) is 10.3. The van der Waals surface area contributed by atoms with Crippen LogP contribution >= 0.6 is 35.0 Å². The molecule has 2 aromatic rings. The van der Waals surface area contributed by atoms with Crippen molar-refractivity contribution >= 4 is 40.9 Å². The Morgan fingerprint density at radius 2 is 1.61 bits per heavy atom. The molecular weight excluding hydrogens is 353 g/mol. The summed E-state index contributed by atoms with van der Waals surface area (Å²) >= 11 is 13.2. The highest BCUT2D eigenvalue weighted by Crippen LogP contribution is 2.15. The predicted molar refractivity (Wildman–Crippen MR) is 97.6 cm³/mol. The number of benzene rings is 2. The molecule has 0 aliphatic rings. The molecule has 0 spiro atoms. The number of rotatable bonds is 8. The maximum Gasteiger partial charge on any atom is 0.230 e. The smallest absolute Gasteiger partial charge is 0.230 e. The zero-order valence-electron chi connectivity index (χ0n) is 12.4. The summed E-state index contributed by atoms with van der Waals surface area (Å²) in [5.74, 6) is 1.95. The average molecular weight is 370 g/mol. The molecule has 0 aromatic heterocycles. The topological polar surface area (TPSA) is 38.3 Å². The zero-order chi connectivity index (χ0) is 16.5. The third-order valence-electron chi connectivity index (χ3n) is 2.95. The fourth-order valence-electron chi connectivity index (χ4n) is 1.77. The van der Waals surface area contributed by atoms with Gasteiger partial charge in [0.2, 0.25) is 5.91 Å². The maximum absolute atomic E-state index is 11.7. The van der Waals surface area contributed by atoms with Gasteiger partial charge in [-0.15, -0.1) is 11.8 Å². The monoisotopic (exact) mass is 369 g/mol. The van der Waals surface area contributed by atoms with Crippen LogP contribution in [-0.4, -0.2) is 24.0 Å². The number of hydrogen-bond acceptors (Lipinski definition) is 3. The summed E-state index contributed by atoms with van der Waals surface area (Å²) < 4.78 is 5.56. The molecule has 1 N–H and O–H groups in total. The molecule has 0 radical (unpaired) electrons. The van der Waals surface area contributed by atoms with Crippen LogP contribution in [0, 0.1) is 0 Å². The van der Waals surface area contributed by atoms with Crippen LogP contribution in [0.25, 0.3) is 0 Å². The Labute approximate surface area is 150 Å². The summed E-state index contributed by atoms with van der Waals surface area (Å²) in [7, 11) is 0. The number of hydrogen-bond donors (Lipinski definition) is 1. The van der Waals surface area contributed by atoms with Crippen LogP contribution in [0.3, 0.4) is 0 Å². The molecule has 2 aromatic carbocycles. The second-order valence-corrected chi connectivity index (χ2v) is 6.74. The Balaban J connectivity index is 1.56. The van der Waals surface area contributed by atoms with Gasteiger partial charge in [0.05, 0.1) is 12.4 Å². The summed E-state index contributed by atoms with van der Waals surface area (Å²) in [6, 6.07) is 14.6. The Morgan fingerprint density at radius 1 is 1.00 bits per heavy atom. The predicted octanol–water partition coefficient (Wildman–Crippen LogP) is 4.42. The molecule has 0 aliphatic carbocycles. The summed E-state index contributed by atoms with van der Waals surface area (Å²) in [6.07, 6.45) is 0. The number of ether oxygens (including phenoxy) is 1. The SMILES string of the molecule is O=C(CSCCOc1ccc(Cl)cc1)NCc1ccc(Cl)cc1. The van der Waals surface area contributed by atoms with Gasteiger partial charge in [0.15, 0.2) is 0 Å². The number of halogens is 2. The lowest BCUT2D eigenvalue weighted by Gasteiger charge is -2.07. The molecule has 23 heavy (non-hydrogen) atoms. The van der Waals surface area contributed by atoms with Crippen molar-refractivity contribution in [3.63, 3.8) is 0 Å². The second-order valence-electron chi connectivity index (χ2n) is 4.76. The van der Waals surface area contributed by atoms with E-state index in [-0.39, 0.29) is 5.91 Å². The van der Waals surface area contributed by atoms with Gasteiger partial charge in [0.25, 0.3) is 0 Å². The van der Waals surface area contributed by atoms with Gasteiger partial charge < -0.3 is 10.1 Å². The number of thioether (sulfide) groups is 1. The molecular formula is C17H17Cl2NO2S. The molecule has 0 aliphatic heterocycles. The van der Waals surface area contributed by atoms with Gasteiger partial charge >= 0.3 is 0 Å². The molecule has 0 unspecified atom stereocenters. The number of amides is 1. The van der Waals surface area contributed by atoms with Crippen LogP contribution in [0.2, 0.25) is 10.0 Å². The average Bonchev–Trinajstić information content (AvgIpc) is 2.56. The number of carbonyl (C=O) groups excluding carboxylic acids is 1. The fourth-order valence-corrected chi connectivity index (χ4v) is 2.65. The third-order valence-corrected chi connectivity index (χ3v) is 4.37. The third kappa shape index (κ3) is 7.16. The first kappa shape index (κ1) is 18.0. The second kappa shape index (κ2) is 9.71. The van der Waals surface area contributed by atoms with E-state index in [1.54, 1.807) is 12.1 Å². The quantitative estimate of drug-likeness (QED) is 0.699. The molecule has 0 atom stereocenters. The van der Waals surface area contributed by atoms with Crippen molar-refractivity contribution in [2.24, 2.45) is 0 Å². The summed E-state index contributed by atoms with van der Waals surface area (Å²) in [6.45, 7) is 1.06. The van der Waals surface area contributed by atoms with E-state index >= 15 is 0 Å². The van der Waals surface area contributed by atoms with Crippen molar-refractivity contribution in [2.45, 2.75) is 6.54 Å². The van der Waals surface area contributed by atoms with Crippen LogP contribution in [-0.2, 0) is 11.3 Å². The van der Waals surface area contributed by atoms with E-state index in [9.17, 15) is 4.79 Å². The summed E-state index contributed by atoms with van der Waals surface area (Å²) in [5, 5.41) is 4.25. The first-order valence-electron chi connectivity index (χ1n) is 7.11. The molecule has 1 amide bonds. The van der Waals surface area contributed by atoms with Gasteiger partial charge in [-0.25, -0.2) is 0 Å². The van der Waals surface area contributed by atoms with Crippen molar-refractivity contribution < 1.29 is 9.53 Å². The van der Waals surface area contributed by atoms with E-state index in [1.807, 2.05) is 36.4 Å². The van der Waals surface area contributed by atoms with Gasteiger partial charge in [-0.1, -0.05) is 35.3 Å². The highest BCUT2D eigenvalue weighted by molar-refractivity contribution is 7.99. The standard InChI is InChI=1S/C17H17Cl2NO2S/c18-14-3-1-13(2-4-14)11-20-17(21)12-23-10-9-22-16-7-5-15(19)6-8-16/h1-8H,9-12H2,(H,20,21). The highest BCUT2D eigenvalue weighted by Gasteiger charge is 2.02. The largest absolute Gasteiger partial charge is 0.493 e. The Kier molecular flexibility index (Phi) is 7.59. The fraction of sp³-hybridized carbons (Fsp3) is 0.235. The Bertz CT molecular complexity index is 617. The first-order chi connectivity index (χ1) is 11.1. The van der Waals surface area contributed by atoms with Crippen molar-refractivity contribution in [2.75, 3.05) is 18.1 Å². The van der Waals surface area contributed by atoms with Gasteiger partial charge in [0.1, 0.15) is 5.75 Å². The highest BCUT2D eigenvalue weighted by atomic mass is 35.5. The van der Waals surface area contributed by atoms with E-state index in [0.717, 1.165) is 17.1 Å². The summed E-state index contributed by atoms with van der Waals surface area (Å²) in [4.78, 5) is 11.7. The molecule has 0 bridgehead atoms. The van der Waals surface area contributed by atoms with E-state index in [2.05, 4.69) is 5.32 Å². The lowest BCUT2D eigenvalue weighted by molar-refractivity contribution is -0.118. The van der Waals surface area contributed by atoms with Crippen LogP contribution in [0.5, 0.6) is 5.75 Å². The van der Waals surface area contributed by atoms with Gasteiger partial charge in [-0.2, -0.15) is 0 Å². The minimum absolute atomic E-state index is 0.0106. The van der Waals surface area contributed by atoms with Crippen molar-refractivity contribution in [3.8, 4) is 5.75 Å². The van der Waals surface area contributed by atoms with E-state index < -0.39 is 0 Å². The molecule has 122 valence electrons. The zero-order valence-corrected chi connectivity index (χ0v) is 14.8. The molecule has 0 saturated carbocycles. The molecule has 0 saturated heterocycles. The van der Waals surface area contributed by atoms with Crippen LogP contribution in [0.15, 0.2) is 48.5 Å². The number of nitrogens with one attached hydrogen (secondary N) is 1. The summed E-state index contributed by atoms with van der Waals surface area (Å²) in [5.41, 5.74) is 1.03. The number of carbonyl (C=O) groups is 1. The Hall–Kier alpha value is -1.36. The van der Waals surface area contributed by atoms with Gasteiger partial charge in [0, 0.05) is 22.3 Å². The van der Waals surface area contributed by atoms with E-state index in [1.165, 1.54) is 11.8 Å². The molecule has 3 nitrogen and oxygen atoms in total. The van der Waals surface area contributed by atoms with Crippen molar-refractivity contribution in [1.82, 2.24) is 5.32 Å². The lowest BCUT2D eigenvalue weighted by atomic mass is 10.2. The van der Waals surface area contributed by atoms with Crippen molar-refractivity contribution in [3.05, 3.63) is 64.1 Å². The van der Waals surface area contributed by atoms with Crippen LogP contribution < -0.4 is 10.1 Å². The Morgan fingerprint density at radius 3 is 2.26 bits per heavy atom. The van der Waals surface area contributed by atoms with Crippen LogP contribution in [0.1, 0.15) is 5.56 Å². The van der Waals surface area contributed by atoms with E-state index in [0.29, 0.717) is 28.9 Å². The minimum Gasteiger partial charge on any atom is -0.493 e. The van der Waals surface area contributed by atoms with Crippen LogP contribution in [0.4, 0.5) is 0 Å². The molecule has 2 rings (SSSR count). The van der Waals surface area contributed by atoms with Crippen molar-refractivity contribution in [1.29, 1.82) is 0 Å². The van der Waals surface area contributed by atoms with Gasteiger partial charge in [-0.3, -0.25) is 4.79 Å².